The molecule has 104 valence electrons. The van der Waals surface area contributed by atoms with Gasteiger partial charge in [-0.1, -0.05) is 0 Å². The van der Waals surface area contributed by atoms with E-state index in [-0.39, 0.29) is 5.91 Å². The van der Waals surface area contributed by atoms with Crippen LogP contribution in [-0.2, 0) is 9.63 Å². The molecule has 0 aromatic carbocycles. The lowest BCUT2D eigenvalue weighted by atomic mass is 9.98. The van der Waals surface area contributed by atoms with Crippen molar-refractivity contribution in [3.63, 3.8) is 0 Å². The summed E-state index contributed by atoms with van der Waals surface area (Å²) in [6, 6.07) is 0. The summed E-state index contributed by atoms with van der Waals surface area (Å²) in [5.74, 6) is 0.773. The molecule has 0 radical (unpaired) electrons. The zero-order valence-corrected chi connectivity index (χ0v) is 11.4. The van der Waals surface area contributed by atoms with Crippen molar-refractivity contribution in [1.82, 2.24) is 15.3 Å². The predicted molar refractivity (Wildman–Crippen MR) is 70.0 cm³/mol. The lowest BCUT2D eigenvalue weighted by molar-refractivity contribution is -0.130. The van der Waals surface area contributed by atoms with E-state index in [2.05, 4.69) is 17.3 Å². The van der Waals surface area contributed by atoms with Gasteiger partial charge < -0.3 is 10.2 Å². The van der Waals surface area contributed by atoms with E-state index in [4.69, 9.17) is 4.84 Å². The minimum atomic E-state index is 0.152. The van der Waals surface area contributed by atoms with Crippen molar-refractivity contribution in [2.75, 3.05) is 46.4 Å². The van der Waals surface area contributed by atoms with Crippen molar-refractivity contribution in [1.29, 1.82) is 0 Å². The molecule has 5 heteroatoms. The lowest BCUT2D eigenvalue weighted by Crippen LogP contribution is -2.39. The van der Waals surface area contributed by atoms with Gasteiger partial charge in [0.15, 0.2) is 0 Å². The third kappa shape index (κ3) is 4.55. The predicted octanol–water partition coefficient (Wildman–Crippen LogP) is 0.472. The fourth-order valence-corrected chi connectivity index (χ4v) is 2.69. The second kappa shape index (κ2) is 7.07. The van der Waals surface area contributed by atoms with Crippen LogP contribution in [0.2, 0.25) is 0 Å². The number of amides is 1. The van der Waals surface area contributed by atoms with Crippen molar-refractivity contribution in [2.24, 2.45) is 5.92 Å². The maximum atomic E-state index is 11.7. The summed E-state index contributed by atoms with van der Waals surface area (Å²) in [5.41, 5.74) is 0. The monoisotopic (exact) mass is 255 g/mol. The average molecular weight is 255 g/mol. The Morgan fingerprint density at radius 3 is 3.00 bits per heavy atom. The zero-order valence-electron chi connectivity index (χ0n) is 11.4. The molecule has 1 amide bonds. The Hall–Kier alpha value is -0.650. The van der Waals surface area contributed by atoms with E-state index in [0.717, 1.165) is 39.2 Å². The zero-order chi connectivity index (χ0) is 12.8. The van der Waals surface area contributed by atoms with E-state index in [1.807, 2.05) is 5.06 Å². The molecule has 2 rings (SSSR count). The smallest absolute Gasteiger partial charge is 0.221 e. The Morgan fingerprint density at radius 2 is 2.28 bits per heavy atom. The number of piperidine rings is 1. The van der Waals surface area contributed by atoms with Crippen LogP contribution in [-0.4, -0.2) is 62.2 Å². The first-order chi connectivity index (χ1) is 8.74. The highest BCUT2D eigenvalue weighted by atomic mass is 16.7. The summed E-state index contributed by atoms with van der Waals surface area (Å²) in [7, 11) is 2.15. The van der Waals surface area contributed by atoms with Crippen molar-refractivity contribution in [3.8, 4) is 0 Å². The molecule has 0 aromatic heterocycles. The molecule has 0 saturated carbocycles. The number of nitrogens with zero attached hydrogens (tertiary/aromatic N) is 2. The van der Waals surface area contributed by atoms with Gasteiger partial charge in [-0.15, -0.1) is 0 Å². The van der Waals surface area contributed by atoms with Gasteiger partial charge in [-0.05, 0) is 38.8 Å². The summed E-state index contributed by atoms with van der Waals surface area (Å²) in [6.07, 6.45) is 4.11. The molecule has 0 aliphatic carbocycles. The number of hydroxylamine groups is 2. The minimum absolute atomic E-state index is 0.152. The first-order valence-electron chi connectivity index (χ1n) is 7.07. The van der Waals surface area contributed by atoms with E-state index >= 15 is 0 Å². The molecule has 2 fully saturated rings. The van der Waals surface area contributed by atoms with Gasteiger partial charge >= 0.3 is 0 Å². The molecule has 18 heavy (non-hydrogen) atoms. The fraction of sp³-hybridized carbons (Fsp3) is 0.923. The van der Waals surface area contributed by atoms with Crippen molar-refractivity contribution in [3.05, 3.63) is 0 Å². The summed E-state index contributed by atoms with van der Waals surface area (Å²) < 4.78 is 0. The number of carbonyl (C=O) groups is 1. The Morgan fingerprint density at radius 1 is 1.39 bits per heavy atom. The van der Waals surface area contributed by atoms with E-state index in [1.54, 1.807) is 0 Å². The fourth-order valence-electron chi connectivity index (χ4n) is 2.69. The number of hydrogen-bond donors (Lipinski definition) is 1. The molecule has 2 saturated heterocycles. The maximum Gasteiger partial charge on any atom is 0.221 e. The molecule has 0 spiro atoms. The molecule has 1 atom stereocenters. The van der Waals surface area contributed by atoms with Gasteiger partial charge in [-0.2, -0.15) is 5.06 Å². The highest BCUT2D eigenvalue weighted by molar-refractivity contribution is 5.76. The van der Waals surface area contributed by atoms with Gasteiger partial charge in [0.2, 0.25) is 5.91 Å². The highest BCUT2D eigenvalue weighted by Gasteiger charge is 2.18. The minimum Gasteiger partial charge on any atom is -0.356 e. The normalized spacial score (nSPS) is 26.4. The Bertz CT molecular complexity index is 267. The largest absolute Gasteiger partial charge is 0.356 e. The Balaban J connectivity index is 1.56. The number of likely N-dealkylation sites (tertiary alicyclic amines) is 1. The topological polar surface area (TPSA) is 44.8 Å². The van der Waals surface area contributed by atoms with Crippen LogP contribution in [0.25, 0.3) is 0 Å². The van der Waals surface area contributed by atoms with Crippen molar-refractivity contribution >= 4 is 5.91 Å². The maximum absolute atomic E-state index is 11.7. The van der Waals surface area contributed by atoms with E-state index in [0.29, 0.717) is 12.3 Å². The molecule has 2 aliphatic heterocycles. The molecular weight excluding hydrogens is 230 g/mol. The van der Waals surface area contributed by atoms with Gasteiger partial charge in [0, 0.05) is 32.6 Å². The van der Waals surface area contributed by atoms with Crippen LogP contribution >= 0.6 is 0 Å². The lowest BCUT2D eigenvalue weighted by Gasteiger charge is -2.29. The number of nitrogens with one attached hydrogen (secondary N) is 1. The van der Waals surface area contributed by atoms with Crippen LogP contribution in [0.4, 0.5) is 0 Å². The molecular formula is C13H25N3O2. The molecule has 0 bridgehead atoms. The van der Waals surface area contributed by atoms with Crippen LogP contribution < -0.4 is 5.32 Å². The van der Waals surface area contributed by atoms with Crippen LogP contribution in [0, 0.1) is 5.92 Å². The van der Waals surface area contributed by atoms with E-state index in [9.17, 15) is 4.79 Å². The number of rotatable bonds is 5. The average Bonchev–Trinajstić information content (AvgIpc) is 2.87. The van der Waals surface area contributed by atoms with Crippen molar-refractivity contribution < 1.29 is 9.63 Å². The Labute approximate surface area is 109 Å². The summed E-state index contributed by atoms with van der Waals surface area (Å²) in [6.45, 7) is 5.60. The standard InChI is InChI=1S/C13H25N3O2/c1-15-6-2-4-12(11-15)10-14-13(17)5-8-16-7-3-9-18-16/h12H,2-11H2,1H3,(H,14,17)/t12-/m0/s1. The first kappa shape index (κ1) is 13.8. The molecule has 2 heterocycles. The number of carbonyl (C=O) groups excluding carboxylic acids is 1. The van der Waals surface area contributed by atoms with Crippen LogP contribution in [0.3, 0.4) is 0 Å². The third-order valence-electron chi connectivity index (χ3n) is 3.72. The van der Waals surface area contributed by atoms with Gasteiger partial charge in [0.05, 0.1) is 6.61 Å². The summed E-state index contributed by atoms with van der Waals surface area (Å²) in [4.78, 5) is 19.4. The van der Waals surface area contributed by atoms with Crippen LogP contribution in [0.5, 0.6) is 0 Å². The molecule has 0 aromatic rings. The van der Waals surface area contributed by atoms with Crippen molar-refractivity contribution in [2.45, 2.75) is 25.7 Å². The summed E-state index contributed by atoms with van der Waals surface area (Å²) in [5, 5.41) is 4.95. The Kier molecular flexibility index (Phi) is 5.41. The van der Waals surface area contributed by atoms with Gasteiger partial charge in [0.25, 0.3) is 0 Å². The second-order valence-electron chi connectivity index (χ2n) is 5.44. The van der Waals surface area contributed by atoms with Crippen LogP contribution in [0.15, 0.2) is 0 Å². The van der Waals surface area contributed by atoms with E-state index < -0.39 is 0 Å². The molecule has 5 nitrogen and oxygen atoms in total. The quantitative estimate of drug-likeness (QED) is 0.776. The van der Waals surface area contributed by atoms with Gasteiger partial charge in [-0.3, -0.25) is 9.63 Å². The first-order valence-corrected chi connectivity index (χ1v) is 7.07. The van der Waals surface area contributed by atoms with Crippen LogP contribution in [0.1, 0.15) is 25.7 Å². The third-order valence-corrected chi connectivity index (χ3v) is 3.72. The number of hydrogen-bond acceptors (Lipinski definition) is 4. The molecule has 1 N–H and O–H groups in total. The molecule has 2 aliphatic rings. The molecule has 0 unspecified atom stereocenters. The second-order valence-corrected chi connectivity index (χ2v) is 5.44. The van der Waals surface area contributed by atoms with Gasteiger partial charge in [-0.25, -0.2) is 0 Å². The SMILES string of the molecule is CN1CCC[C@@H](CNC(=O)CCN2CCCO2)C1. The van der Waals surface area contributed by atoms with E-state index in [1.165, 1.54) is 19.4 Å². The van der Waals surface area contributed by atoms with Gasteiger partial charge in [0.1, 0.15) is 0 Å². The summed E-state index contributed by atoms with van der Waals surface area (Å²) >= 11 is 0. The highest BCUT2D eigenvalue weighted by Crippen LogP contribution is 2.13.